The molecule has 0 aliphatic carbocycles. The predicted octanol–water partition coefficient (Wildman–Crippen LogP) is 6.50. The summed E-state index contributed by atoms with van der Waals surface area (Å²) in [5.41, 5.74) is 0. The van der Waals surface area contributed by atoms with Crippen LogP contribution in [0.1, 0.15) is 117 Å². The van der Waals surface area contributed by atoms with Crippen molar-refractivity contribution >= 4 is 5.97 Å². The first-order valence-electron chi connectivity index (χ1n) is 11.6. The lowest BCUT2D eigenvalue weighted by Crippen LogP contribution is -2.37. The van der Waals surface area contributed by atoms with Crippen LogP contribution in [-0.2, 0) is 9.53 Å². The molecule has 1 rings (SSSR count). The van der Waals surface area contributed by atoms with Crippen molar-refractivity contribution in [2.75, 3.05) is 19.7 Å². The number of hydrogen-bond acceptors (Lipinski definition) is 3. The Morgan fingerprint density at radius 3 is 2.23 bits per heavy atom. The lowest BCUT2D eigenvalue weighted by molar-refractivity contribution is -0.143. The van der Waals surface area contributed by atoms with Gasteiger partial charge in [-0.25, -0.2) is 0 Å². The van der Waals surface area contributed by atoms with Gasteiger partial charge in [0.15, 0.2) is 0 Å². The van der Waals surface area contributed by atoms with Gasteiger partial charge in [-0.2, -0.15) is 0 Å². The SMILES string of the molecule is CCCCCCCCCCCOC(=O)CCCCCN1CCCCC1C. The molecule has 1 aliphatic rings. The van der Waals surface area contributed by atoms with E-state index in [4.69, 9.17) is 4.74 Å². The second-order valence-corrected chi connectivity index (χ2v) is 8.24. The van der Waals surface area contributed by atoms with Crippen LogP contribution in [0.5, 0.6) is 0 Å². The Hall–Kier alpha value is -0.570. The van der Waals surface area contributed by atoms with Crippen molar-refractivity contribution in [1.82, 2.24) is 4.90 Å². The Morgan fingerprint density at radius 1 is 0.885 bits per heavy atom. The smallest absolute Gasteiger partial charge is 0.305 e. The monoisotopic (exact) mass is 367 g/mol. The summed E-state index contributed by atoms with van der Waals surface area (Å²) >= 11 is 0. The zero-order valence-corrected chi connectivity index (χ0v) is 17.8. The molecule has 0 spiro atoms. The summed E-state index contributed by atoms with van der Waals surface area (Å²) in [4.78, 5) is 14.4. The number of carbonyl (C=O) groups is 1. The highest BCUT2D eigenvalue weighted by Crippen LogP contribution is 2.17. The number of carbonyl (C=O) groups excluding carboxylic acids is 1. The van der Waals surface area contributed by atoms with Gasteiger partial charge in [0.05, 0.1) is 6.61 Å². The number of unbranched alkanes of at least 4 members (excludes halogenated alkanes) is 10. The van der Waals surface area contributed by atoms with Gasteiger partial charge >= 0.3 is 5.97 Å². The van der Waals surface area contributed by atoms with Crippen LogP contribution in [0.2, 0.25) is 0 Å². The zero-order valence-electron chi connectivity index (χ0n) is 17.8. The third-order valence-electron chi connectivity index (χ3n) is 5.78. The quantitative estimate of drug-likeness (QED) is 0.230. The first-order valence-corrected chi connectivity index (χ1v) is 11.6. The standard InChI is InChI=1S/C23H45NO2/c1-3-4-5-6-7-8-9-10-16-21-26-23(25)18-12-11-14-19-24-20-15-13-17-22(24)2/h22H,3-21H2,1-2H3. The van der Waals surface area contributed by atoms with Gasteiger partial charge in [0.1, 0.15) is 0 Å². The van der Waals surface area contributed by atoms with Crippen LogP contribution in [0, 0.1) is 0 Å². The second-order valence-electron chi connectivity index (χ2n) is 8.24. The molecule has 1 fully saturated rings. The average molecular weight is 368 g/mol. The molecule has 1 heterocycles. The molecule has 0 saturated carbocycles. The largest absolute Gasteiger partial charge is 0.466 e. The molecule has 154 valence electrons. The number of piperidine rings is 1. The van der Waals surface area contributed by atoms with E-state index in [0.29, 0.717) is 13.0 Å². The molecule has 0 aromatic rings. The Morgan fingerprint density at radius 2 is 1.54 bits per heavy atom. The highest BCUT2D eigenvalue weighted by Gasteiger charge is 2.17. The summed E-state index contributed by atoms with van der Waals surface area (Å²) in [5, 5.41) is 0. The molecule has 0 bridgehead atoms. The molecule has 1 unspecified atom stereocenters. The summed E-state index contributed by atoms with van der Waals surface area (Å²) in [7, 11) is 0. The van der Waals surface area contributed by atoms with Crippen LogP contribution in [0.25, 0.3) is 0 Å². The minimum absolute atomic E-state index is 0.0101. The first-order chi connectivity index (χ1) is 12.7. The van der Waals surface area contributed by atoms with Crippen molar-refractivity contribution in [3.05, 3.63) is 0 Å². The Bertz CT molecular complexity index is 332. The molecule has 1 aliphatic heterocycles. The molecule has 0 aromatic carbocycles. The van der Waals surface area contributed by atoms with Crippen molar-refractivity contribution in [3.8, 4) is 0 Å². The van der Waals surface area contributed by atoms with Gasteiger partial charge in [-0.1, -0.05) is 71.1 Å². The number of rotatable bonds is 16. The van der Waals surface area contributed by atoms with Gasteiger partial charge in [0, 0.05) is 12.5 Å². The molecule has 0 N–H and O–H groups in total. The molecular formula is C23H45NO2. The van der Waals surface area contributed by atoms with Gasteiger partial charge < -0.3 is 9.64 Å². The van der Waals surface area contributed by atoms with Gasteiger partial charge in [-0.3, -0.25) is 4.79 Å². The molecule has 0 radical (unpaired) electrons. The highest BCUT2D eigenvalue weighted by atomic mass is 16.5. The molecule has 1 atom stereocenters. The fraction of sp³-hybridized carbons (Fsp3) is 0.957. The van der Waals surface area contributed by atoms with E-state index in [0.717, 1.165) is 25.3 Å². The fourth-order valence-corrected chi connectivity index (χ4v) is 3.92. The van der Waals surface area contributed by atoms with Crippen molar-refractivity contribution in [3.63, 3.8) is 0 Å². The number of ether oxygens (including phenoxy) is 1. The van der Waals surface area contributed by atoms with E-state index < -0.39 is 0 Å². The van der Waals surface area contributed by atoms with Crippen LogP contribution in [-0.4, -0.2) is 36.6 Å². The van der Waals surface area contributed by atoms with E-state index in [2.05, 4.69) is 18.7 Å². The molecule has 26 heavy (non-hydrogen) atoms. The van der Waals surface area contributed by atoms with E-state index in [1.807, 2.05) is 0 Å². The van der Waals surface area contributed by atoms with Crippen LogP contribution in [0.3, 0.4) is 0 Å². The fourth-order valence-electron chi connectivity index (χ4n) is 3.92. The molecule has 3 nitrogen and oxygen atoms in total. The Balaban J connectivity index is 1.81. The minimum Gasteiger partial charge on any atom is -0.466 e. The van der Waals surface area contributed by atoms with E-state index in [-0.39, 0.29) is 5.97 Å². The van der Waals surface area contributed by atoms with E-state index in [1.165, 1.54) is 90.1 Å². The van der Waals surface area contributed by atoms with Crippen molar-refractivity contribution in [2.45, 2.75) is 123 Å². The Kier molecular flexibility index (Phi) is 15.0. The molecule has 3 heteroatoms. The van der Waals surface area contributed by atoms with Crippen molar-refractivity contribution in [2.24, 2.45) is 0 Å². The number of hydrogen-bond donors (Lipinski definition) is 0. The summed E-state index contributed by atoms with van der Waals surface area (Å²) in [5.74, 6) is 0.0101. The summed E-state index contributed by atoms with van der Waals surface area (Å²) < 4.78 is 5.37. The zero-order chi connectivity index (χ0) is 18.9. The van der Waals surface area contributed by atoms with E-state index in [1.54, 1.807) is 0 Å². The van der Waals surface area contributed by atoms with Crippen LogP contribution in [0.4, 0.5) is 0 Å². The van der Waals surface area contributed by atoms with Crippen LogP contribution < -0.4 is 0 Å². The average Bonchev–Trinajstić information content (AvgIpc) is 2.64. The maximum Gasteiger partial charge on any atom is 0.305 e. The third kappa shape index (κ3) is 12.7. The van der Waals surface area contributed by atoms with E-state index in [9.17, 15) is 4.79 Å². The minimum atomic E-state index is 0.0101. The van der Waals surface area contributed by atoms with Crippen LogP contribution >= 0.6 is 0 Å². The summed E-state index contributed by atoms with van der Waals surface area (Å²) in [6, 6.07) is 0.755. The number of likely N-dealkylation sites (tertiary alicyclic amines) is 1. The van der Waals surface area contributed by atoms with Gasteiger partial charge in [-0.05, 0) is 52.1 Å². The third-order valence-corrected chi connectivity index (χ3v) is 5.78. The normalized spacial score (nSPS) is 18.2. The van der Waals surface area contributed by atoms with Crippen molar-refractivity contribution in [1.29, 1.82) is 0 Å². The summed E-state index contributed by atoms with van der Waals surface area (Å²) in [6.07, 6.45) is 19.8. The maximum absolute atomic E-state index is 11.8. The van der Waals surface area contributed by atoms with Gasteiger partial charge in [0.25, 0.3) is 0 Å². The predicted molar refractivity (Wildman–Crippen MR) is 112 cm³/mol. The van der Waals surface area contributed by atoms with Crippen LogP contribution in [0.15, 0.2) is 0 Å². The summed E-state index contributed by atoms with van der Waals surface area (Å²) in [6.45, 7) is 7.71. The Labute approximate surface area is 163 Å². The van der Waals surface area contributed by atoms with E-state index >= 15 is 0 Å². The first kappa shape index (κ1) is 23.5. The van der Waals surface area contributed by atoms with Gasteiger partial charge in [0.2, 0.25) is 0 Å². The molecule has 1 saturated heterocycles. The second kappa shape index (κ2) is 16.6. The topological polar surface area (TPSA) is 29.5 Å². The number of nitrogens with zero attached hydrogens (tertiary/aromatic N) is 1. The maximum atomic E-state index is 11.8. The molecular weight excluding hydrogens is 322 g/mol. The van der Waals surface area contributed by atoms with Crippen molar-refractivity contribution < 1.29 is 9.53 Å². The molecule has 0 amide bonds. The lowest BCUT2D eigenvalue weighted by atomic mass is 10.0. The highest BCUT2D eigenvalue weighted by molar-refractivity contribution is 5.69. The number of esters is 1. The van der Waals surface area contributed by atoms with Gasteiger partial charge in [-0.15, -0.1) is 0 Å². The lowest BCUT2D eigenvalue weighted by Gasteiger charge is -2.33. The molecule has 0 aromatic heterocycles.